The fourth-order valence-electron chi connectivity index (χ4n) is 4.72. The van der Waals surface area contributed by atoms with Gasteiger partial charge < -0.3 is 15.1 Å². The van der Waals surface area contributed by atoms with Crippen LogP contribution in [0.15, 0.2) is 36.4 Å². The second kappa shape index (κ2) is 10.6. The Morgan fingerprint density at radius 2 is 1.73 bits per heavy atom. The fraction of sp³-hybridized carbons (Fsp3) is 0.560. The topological polar surface area (TPSA) is 35.6 Å². The highest BCUT2D eigenvalue weighted by Crippen LogP contribution is 2.28. The molecule has 30 heavy (non-hydrogen) atoms. The first-order valence-electron chi connectivity index (χ1n) is 11.6. The molecule has 2 aromatic rings. The van der Waals surface area contributed by atoms with Crippen molar-refractivity contribution in [2.75, 3.05) is 39.3 Å². The lowest BCUT2D eigenvalue weighted by molar-refractivity contribution is 0.0904. The number of aryl methyl sites for hydroxylation is 1. The Kier molecular flexibility index (Phi) is 7.58. The van der Waals surface area contributed by atoms with Gasteiger partial charge in [-0.3, -0.25) is 4.79 Å². The summed E-state index contributed by atoms with van der Waals surface area (Å²) in [5, 5.41) is 3.11. The Morgan fingerprint density at radius 1 is 1.00 bits per heavy atom. The van der Waals surface area contributed by atoms with E-state index in [0.717, 1.165) is 35.3 Å². The smallest absolute Gasteiger partial charge is 0.261 e. The highest BCUT2D eigenvalue weighted by atomic mass is 32.1. The van der Waals surface area contributed by atoms with E-state index in [9.17, 15) is 4.79 Å². The van der Waals surface area contributed by atoms with Crippen molar-refractivity contribution in [3.63, 3.8) is 0 Å². The molecule has 1 amide bonds. The van der Waals surface area contributed by atoms with Gasteiger partial charge in [-0.25, -0.2) is 0 Å². The van der Waals surface area contributed by atoms with Crippen molar-refractivity contribution in [3.8, 4) is 10.4 Å². The molecule has 0 spiro atoms. The van der Waals surface area contributed by atoms with Gasteiger partial charge in [0.15, 0.2) is 0 Å². The average molecular weight is 426 g/mol. The molecule has 2 aliphatic rings. The number of likely N-dealkylation sites (tertiary alicyclic amines) is 2. The quantitative estimate of drug-likeness (QED) is 0.648. The van der Waals surface area contributed by atoms with Crippen LogP contribution in [-0.2, 0) is 0 Å². The van der Waals surface area contributed by atoms with E-state index < -0.39 is 0 Å². The summed E-state index contributed by atoms with van der Waals surface area (Å²) in [5.74, 6) is 0.0576. The third-order valence-electron chi connectivity index (χ3n) is 6.57. The van der Waals surface area contributed by atoms with Crippen molar-refractivity contribution in [2.45, 2.75) is 51.5 Å². The van der Waals surface area contributed by atoms with Crippen LogP contribution in [0.25, 0.3) is 10.4 Å². The zero-order valence-electron chi connectivity index (χ0n) is 18.2. The average Bonchev–Trinajstić information content (AvgIpc) is 3.28. The maximum Gasteiger partial charge on any atom is 0.261 e. The van der Waals surface area contributed by atoms with Crippen LogP contribution in [0.2, 0.25) is 0 Å². The molecule has 1 aromatic carbocycles. The number of thiophene rings is 1. The van der Waals surface area contributed by atoms with Gasteiger partial charge >= 0.3 is 0 Å². The number of piperidine rings is 2. The molecule has 2 fully saturated rings. The Labute approximate surface area is 185 Å². The van der Waals surface area contributed by atoms with Crippen LogP contribution in [0.3, 0.4) is 0 Å². The molecule has 0 atom stereocenters. The summed E-state index contributed by atoms with van der Waals surface area (Å²) in [6.07, 6.45) is 7.83. The van der Waals surface area contributed by atoms with Gasteiger partial charge in [0.05, 0.1) is 4.88 Å². The predicted octanol–water partition coefficient (Wildman–Crippen LogP) is 4.79. The van der Waals surface area contributed by atoms with Gasteiger partial charge in [-0.15, -0.1) is 11.3 Å². The Bertz CT molecular complexity index is 802. The minimum Gasteiger partial charge on any atom is -0.351 e. The van der Waals surface area contributed by atoms with Crippen LogP contribution >= 0.6 is 11.3 Å². The van der Waals surface area contributed by atoms with E-state index >= 15 is 0 Å². The summed E-state index contributed by atoms with van der Waals surface area (Å²) in [6.45, 7) is 8.97. The lowest BCUT2D eigenvalue weighted by atomic mass is 10.00. The van der Waals surface area contributed by atoms with Crippen LogP contribution in [0.1, 0.15) is 53.8 Å². The van der Waals surface area contributed by atoms with Crippen LogP contribution < -0.4 is 5.32 Å². The first kappa shape index (κ1) is 21.5. The molecule has 0 saturated carbocycles. The highest BCUT2D eigenvalue weighted by Gasteiger charge is 2.25. The minimum absolute atomic E-state index is 0.0576. The molecule has 2 aliphatic heterocycles. The fourth-order valence-corrected chi connectivity index (χ4v) is 5.64. The second-order valence-electron chi connectivity index (χ2n) is 8.81. The predicted molar refractivity (Wildman–Crippen MR) is 126 cm³/mol. The van der Waals surface area contributed by atoms with E-state index in [1.54, 1.807) is 11.3 Å². The van der Waals surface area contributed by atoms with Crippen molar-refractivity contribution in [1.82, 2.24) is 15.1 Å². The monoisotopic (exact) mass is 425 g/mol. The number of hydrogen-bond acceptors (Lipinski definition) is 4. The van der Waals surface area contributed by atoms with E-state index in [0.29, 0.717) is 0 Å². The number of benzene rings is 1. The molecule has 0 aliphatic carbocycles. The molecular weight excluding hydrogens is 390 g/mol. The molecule has 4 nitrogen and oxygen atoms in total. The van der Waals surface area contributed by atoms with Gasteiger partial charge in [0.1, 0.15) is 0 Å². The molecule has 0 bridgehead atoms. The Balaban J connectivity index is 1.15. The lowest BCUT2D eigenvalue weighted by Gasteiger charge is -2.40. The molecule has 3 heterocycles. The number of nitrogens with one attached hydrogen (secondary N) is 1. The number of amides is 1. The first-order valence-corrected chi connectivity index (χ1v) is 12.4. The Morgan fingerprint density at radius 3 is 2.47 bits per heavy atom. The van der Waals surface area contributed by atoms with E-state index in [2.05, 4.69) is 52.4 Å². The molecule has 5 heteroatoms. The van der Waals surface area contributed by atoms with Crippen LogP contribution in [0, 0.1) is 6.92 Å². The van der Waals surface area contributed by atoms with Crippen molar-refractivity contribution >= 4 is 17.2 Å². The van der Waals surface area contributed by atoms with Crippen molar-refractivity contribution in [2.24, 2.45) is 0 Å². The number of carbonyl (C=O) groups excluding carboxylic acids is 1. The maximum absolute atomic E-state index is 12.5. The summed E-state index contributed by atoms with van der Waals surface area (Å²) < 4.78 is 0. The molecule has 0 radical (unpaired) electrons. The van der Waals surface area contributed by atoms with E-state index in [1.165, 1.54) is 69.4 Å². The van der Waals surface area contributed by atoms with E-state index in [-0.39, 0.29) is 5.91 Å². The highest BCUT2D eigenvalue weighted by molar-refractivity contribution is 7.17. The van der Waals surface area contributed by atoms with E-state index in [1.807, 2.05) is 6.07 Å². The maximum atomic E-state index is 12.5. The summed E-state index contributed by atoms with van der Waals surface area (Å²) in [7, 11) is 0. The number of carbonyl (C=O) groups is 1. The van der Waals surface area contributed by atoms with Gasteiger partial charge in [0, 0.05) is 17.5 Å². The first-order chi connectivity index (χ1) is 14.7. The number of hydrogen-bond donors (Lipinski definition) is 1. The normalized spacial score (nSPS) is 19.1. The lowest BCUT2D eigenvalue weighted by Crippen LogP contribution is -2.47. The Hall–Kier alpha value is -1.69. The third kappa shape index (κ3) is 5.71. The van der Waals surface area contributed by atoms with Gasteiger partial charge in [-0.2, -0.15) is 0 Å². The third-order valence-corrected chi connectivity index (χ3v) is 7.70. The van der Waals surface area contributed by atoms with Crippen LogP contribution in [0.5, 0.6) is 0 Å². The van der Waals surface area contributed by atoms with Gasteiger partial charge in [0.25, 0.3) is 5.91 Å². The molecule has 1 aromatic heterocycles. The zero-order chi connectivity index (χ0) is 20.8. The standard InChI is InChI=1S/C25H35N3OS/c1-20-6-8-21(9-7-20)23-10-11-24(30-23)25(29)26-14-5-15-27-18-12-22(13-19-27)28-16-3-2-4-17-28/h6-11,22H,2-5,12-19H2,1H3,(H,26,29). The summed E-state index contributed by atoms with van der Waals surface area (Å²) in [5.41, 5.74) is 2.43. The zero-order valence-corrected chi connectivity index (χ0v) is 19.1. The van der Waals surface area contributed by atoms with Gasteiger partial charge in [-0.05, 0) is 89.4 Å². The van der Waals surface area contributed by atoms with Gasteiger partial charge in [0.2, 0.25) is 0 Å². The summed E-state index contributed by atoms with van der Waals surface area (Å²) >= 11 is 1.57. The molecule has 162 valence electrons. The summed E-state index contributed by atoms with van der Waals surface area (Å²) in [6, 6.07) is 13.3. The van der Waals surface area contributed by atoms with Crippen molar-refractivity contribution in [3.05, 3.63) is 46.8 Å². The van der Waals surface area contributed by atoms with E-state index in [4.69, 9.17) is 0 Å². The molecule has 4 rings (SSSR count). The van der Waals surface area contributed by atoms with Crippen LogP contribution in [-0.4, -0.2) is 61.0 Å². The SMILES string of the molecule is Cc1ccc(-c2ccc(C(=O)NCCCN3CCC(N4CCCCC4)CC3)s2)cc1. The van der Waals surface area contributed by atoms with Crippen molar-refractivity contribution in [1.29, 1.82) is 0 Å². The molecule has 1 N–H and O–H groups in total. The summed E-state index contributed by atoms with van der Waals surface area (Å²) in [4.78, 5) is 19.7. The van der Waals surface area contributed by atoms with Crippen LogP contribution in [0.4, 0.5) is 0 Å². The molecule has 0 unspecified atom stereocenters. The minimum atomic E-state index is 0.0576. The largest absolute Gasteiger partial charge is 0.351 e. The molecule has 2 saturated heterocycles. The second-order valence-corrected chi connectivity index (χ2v) is 9.89. The number of rotatable bonds is 7. The number of nitrogens with zero attached hydrogens (tertiary/aromatic N) is 2. The van der Waals surface area contributed by atoms with Crippen molar-refractivity contribution < 1.29 is 4.79 Å². The van der Waals surface area contributed by atoms with Gasteiger partial charge in [-0.1, -0.05) is 36.2 Å². The molecular formula is C25H35N3OS.